The van der Waals surface area contributed by atoms with Crippen LogP contribution in [0, 0.1) is 0 Å². The Kier molecular flexibility index (Phi) is 5.78. The van der Waals surface area contributed by atoms with Crippen LogP contribution in [0.25, 0.3) is 10.9 Å². The fourth-order valence-corrected chi connectivity index (χ4v) is 2.10. The summed E-state index contributed by atoms with van der Waals surface area (Å²) in [5.74, 6) is 0.740. The Morgan fingerprint density at radius 1 is 1.29 bits per heavy atom. The maximum absolute atomic E-state index is 8.87. The van der Waals surface area contributed by atoms with Gasteiger partial charge in [-0.3, -0.25) is 4.98 Å². The lowest BCUT2D eigenvalue weighted by Gasteiger charge is -2.13. The fourth-order valence-electron chi connectivity index (χ4n) is 2.10. The number of aliphatic hydroxyl groups is 1. The molecule has 114 valence electrons. The average molecular weight is 289 g/mol. The molecule has 0 amide bonds. The number of nitrogens with one attached hydrogen (secondary N) is 2. The van der Waals surface area contributed by atoms with Crippen molar-refractivity contribution in [1.82, 2.24) is 10.3 Å². The average Bonchev–Trinajstić information content (AvgIpc) is 2.49. The molecule has 0 spiro atoms. The minimum absolute atomic E-state index is 0.00610. The van der Waals surface area contributed by atoms with Crippen molar-refractivity contribution in [3.8, 4) is 5.75 Å². The maximum atomic E-state index is 8.87. The number of pyridine rings is 1. The third-order valence-corrected chi connectivity index (χ3v) is 3.03. The van der Waals surface area contributed by atoms with Crippen LogP contribution in [-0.2, 0) is 0 Å². The van der Waals surface area contributed by atoms with Crippen LogP contribution in [0.1, 0.15) is 13.8 Å². The molecule has 0 atom stereocenters. The summed E-state index contributed by atoms with van der Waals surface area (Å²) in [7, 11) is 0. The van der Waals surface area contributed by atoms with Crippen LogP contribution in [0.4, 0.5) is 5.69 Å². The van der Waals surface area contributed by atoms with Crippen molar-refractivity contribution < 1.29 is 9.84 Å². The first-order valence-electron chi connectivity index (χ1n) is 7.30. The van der Waals surface area contributed by atoms with E-state index in [4.69, 9.17) is 9.84 Å². The first-order valence-corrected chi connectivity index (χ1v) is 7.30. The number of aliphatic hydroxyl groups excluding tert-OH is 1. The van der Waals surface area contributed by atoms with Gasteiger partial charge in [0, 0.05) is 36.8 Å². The van der Waals surface area contributed by atoms with Gasteiger partial charge in [-0.05, 0) is 12.1 Å². The molecule has 21 heavy (non-hydrogen) atoms. The van der Waals surface area contributed by atoms with Crippen LogP contribution in [0.2, 0.25) is 0 Å². The molecule has 0 saturated heterocycles. The lowest BCUT2D eigenvalue weighted by atomic mass is 10.1. The summed E-state index contributed by atoms with van der Waals surface area (Å²) in [6.45, 7) is 6.24. The van der Waals surface area contributed by atoms with Crippen LogP contribution >= 0.6 is 0 Å². The molecule has 1 aromatic carbocycles. The molecule has 1 aromatic heterocycles. The SMILES string of the molecule is CC(C)NCCNc1cc(OCCO)cc2cccnc12. The lowest BCUT2D eigenvalue weighted by Crippen LogP contribution is -2.28. The lowest BCUT2D eigenvalue weighted by molar-refractivity contribution is 0.201. The van der Waals surface area contributed by atoms with Crippen molar-refractivity contribution >= 4 is 16.6 Å². The molecule has 0 saturated carbocycles. The van der Waals surface area contributed by atoms with Crippen molar-refractivity contribution in [2.45, 2.75) is 19.9 Å². The van der Waals surface area contributed by atoms with Gasteiger partial charge in [0.2, 0.25) is 0 Å². The molecule has 2 aromatic rings. The van der Waals surface area contributed by atoms with E-state index in [2.05, 4.69) is 29.5 Å². The monoisotopic (exact) mass is 289 g/mol. The Hall–Kier alpha value is -1.85. The fraction of sp³-hybridized carbons (Fsp3) is 0.438. The molecule has 0 aliphatic rings. The van der Waals surface area contributed by atoms with Gasteiger partial charge in [0.15, 0.2) is 0 Å². The summed E-state index contributed by atoms with van der Waals surface area (Å²) < 4.78 is 5.52. The van der Waals surface area contributed by atoms with Gasteiger partial charge in [0.25, 0.3) is 0 Å². The van der Waals surface area contributed by atoms with Gasteiger partial charge in [-0.25, -0.2) is 0 Å². The van der Waals surface area contributed by atoms with Crippen LogP contribution in [0.5, 0.6) is 5.75 Å². The summed E-state index contributed by atoms with van der Waals surface area (Å²) in [6, 6.07) is 8.25. The zero-order chi connectivity index (χ0) is 15.1. The second-order valence-corrected chi connectivity index (χ2v) is 5.15. The first kappa shape index (κ1) is 15.5. The van der Waals surface area contributed by atoms with Crippen LogP contribution < -0.4 is 15.4 Å². The Morgan fingerprint density at radius 3 is 2.90 bits per heavy atom. The standard InChI is InChI=1S/C16H23N3O2/c1-12(2)17-6-7-18-15-11-14(21-9-8-20)10-13-4-3-5-19-16(13)15/h3-5,10-12,17-18,20H,6-9H2,1-2H3. The number of hydrogen-bond donors (Lipinski definition) is 3. The predicted octanol–water partition coefficient (Wildman–Crippen LogP) is 2.02. The molecule has 0 radical (unpaired) electrons. The topological polar surface area (TPSA) is 66.4 Å². The highest BCUT2D eigenvalue weighted by atomic mass is 16.5. The molecule has 3 N–H and O–H groups in total. The normalized spacial score (nSPS) is 11.0. The second kappa shape index (κ2) is 7.81. The van der Waals surface area contributed by atoms with Crippen molar-refractivity contribution in [3.05, 3.63) is 30.5 Å². The number of ether oxygens (including phenoxy) is 1. The Balaban J connectivity index is 2.14. The van der Waals surface area contributed by atoms with E-state index in [1.54, 1.807) is 6.20 Å². The van der Waals surface area contributed by atoms with Crippen LogP contribution in [-0.4, -0.2) is 42.4 Å². The molecule has 0 fully saturated rings. The molecule has 2 rings (SSSR count). The van der Waals surface area contributed by atoms with Crippen LogP contribution in [0.15, 0.2) is 30.5 Å². The number of anilines is 1. The van der Waals surface area contributed by atoms with Gasteiger partial charge in [-0.2, -0.15) is 0 Å². The van der Waals surface area contributed by atoms with E-state index >= 15 is 0 Å². The molecule has 0 unspecified atom stereocenters. The van der Waals surface area contributed by atoms with E-state index in [1.807, 2.05) is 24.3 Å². The molecule has 5 heteroatoms. The van der Waals surface area contributed by atoms with E-state index in [0.29, 0.717) is 12.6 Å². The Morgan fingerprint density at radius 2 is 2.14 bits per heavy atom. The molecule has 1 heterocycles. The van der Waals surface area contributed by atoms with Crippen LogP contribution in [0.3, 0.4) is 0 Å². The van der Waals surface area contributed by atoms with Crippen molar-refractivity contribution in [2.75, 3.05) is 31.6 Å². The maximum Gasteiger partial charge on any atom is 0.122 e. The van der Waals surface area contributed by atoms with E-state index in [0.717, 1.165) is 35.4 Å². The number of benzene rings is 1. The third-order valence-electron chi connectivity index (χ3n) is 3.03. The van der Waals surface area contributed by atoms with E-state index < -0.39 is 0 Å². The van der Waals surface area contributed by atoms with Gasteiger partial charge in [0.05, 0.1) is 17.8 Å². The van der Waals surface area contributed by atoms with Crippen molar-refractivity contribution in [2.24, 2.45) is 0 Å². The number of fused-ring (bicyclic) bond motifs is 1. The summed E-state index contributed by atoms with van der Waals surface area (Å²) in [5.41, 5.74) is 1.88. The minimum atomic E-state index is 0.00610. The van der Waals surface area contributed by atoms with Gasteiger partial charge in [-0.15, -0.1) is 0 Å². The number of rotatable bonds is 8. The van der Waals surface area contributed by atoms with E-state index in [-0.39, 0.29) is 6.61 Å². The zero-order valence-electron chi connectivity index (χ0n) is 12.6. The molecule has 0 aliphatic heterocycles. The van der Waals surface area contributed by atoms with Crippen molar-refractivity contribution in [1.29, 1.82) is 0 Å². The van der Waals surface area contributed by atoms with Gasteiger partial charge in [0.1, 0.15) is 12.4 Å². The van der Waals surface area contributed by atoms with Gasteiger partial charge < -0.3 is 20.5 Å². The smallest absolute Gasteiger partial charge is 0.122 e. The largest absolute Gasteiger partial charge is 0.491 e. The first-order chi connectivity index (χ1) is 10.2. The third kappa shape index (κ3) is 4.58. The summed E-state index contributed by atoms with van der Waals surface area (Å²) >= 11 is 0. The minimum Gasteiger partial charge on any atom is -0.491 e. The molecule has 0 bridgehead atoms. The van der Waals surface area contributed by atoms with E-state index in [9.17, 15) is 0 Å². The molecule has 0 aliphatic carbocycles. The Labute approximate surface area is 125 Å². The Bertz CT molecular complexity index is 572. The number of nitrogens with zero attached hydrogens (tertiary/aromatic N) is 1. The number of aromatic nitrogens is 1. The highest BCUT2D eigenvalue weighted by molar-refractivity contribution is 5.91. The molecular formula is C16H23N3O2. The molecule has 5 nitrogen and oxygen atoms in total. The second-order valence-electron chi connectivity index (χ2n) is 5.15. The highest BCUT2D eigenvalue weighted by Gasteiger charge is 2.06. The summed E-state index contributed by atoms with van der Waals surface area (Å²) in [6.07, 6.45) is 1.79. The quantitative estimate of drug-likeness (QED) is 0.649. The van der Waals surface area contributed by atoms with E-state index in [1.165, 1.54) is 0 Å². The predicted molar refractivity (Wildman–Crippen MR) is 86.0 cm³/mol. The van der Waals surface area contributed by atoms with Gasteiger partial charge >= 0.3 is 0 Å². The molecular weight excluding hydrogens is 266 g/mol. The summed E-state index contributed by atoms with van der Waals surface area (Å²) in [5, 5.41) is 16.7. The number of hydrogen-bond acceptors (Lipinski definition) is 5. The van der Waals surface area contributed by atoms with Crippen molar-refractivity contribution in [3.63, 3.8) is 0 Å². The highest BCUT2D eigenvalue weighted by Crippen LogP contribution is 2.27. The zero-order valence-corrected chi connectivity index (χ0v) is 12.6. The summed E-state index contributed by atoms with van der Waals surface area (Å²) in [4.78, 5) is 4.43. The van der Waals surface area contributed by atoms with Gasteiger partial charge in [-0.1, -0.05) is 19.9 Å².